The van der Waals surface area contributed by atoms with Crippen LogP contribution in [0.2, 0.25) is 0 Å². The smallest absolute Gasteiger partial charge is 0.255 e. The summed E-state index contributed by atoms with van der Waals surface area (Å²) in [6.45, 7) is 5.75. The maximum absolute atomic E-state index is 12.5. The van der Waals surface area contributed by atoms with Gasteiger partial charge in [-0.25, -0.2) is 4.98 Å². The van der Waals surface area contributed by atoms with E-state index in [0.29, 0.717) is 19.0 Å². The van der Waals surface area contributed by atoms with Crippen LogP contribution in [0, 0.1) is 0 Å². The van der Waals surface area contributed by atoms with Crippen molar-refractivity contribution in [3.05, 3.63) is 45.9 Å². The molecule has 7 heteroatoms. The molecule has 1 aliphatic rings. The van der Waals surface area contributed by atoms with Crippen molar-refractivity contribution in [3.63, 3.8) is 0 Å². The van der Waals surface area contributed by atoms with Crippen molar-refractivity contribution < 1.29 is 9.47 Å². The van der Waals surface area contributed by atoms with E-state index in [1.807, 2.05) is 12.1 Å². The minimum Gasteiger partial charge on any atom is -0.497 e. The molecule has 0 spiro atoms. The van der Waals surface area contributed by atoms with Crippen molar-refractivity contribution in [1.82, 2.24) is 9.97 Å². The summed E-state index contributed by atoms with van der Waals surface area (Å²) >= 11 is 0. The topological polar surface area (TPSA) is 70.7 Å². The first-order valence-electron chi connectivity index (χ1n) is 9.41. The average Bonchev–Trinajstić information content (AvgIpc) is 2.71. The normalized spacial score (nSPS) is 14.5. The maximum Gasteiger partial charge on any atom is 0.255 e. The molecule has 2 aromatic rings. The Kier molecular flexibility index (Phi) is 6.34. The van der Waals surface area contributed by atoms with Crippen LogP contribution >= 0.6 is 0 Å². The Hall–Kier alpha value is -2.54. The molecular weight excluding hydrogens is 344 g/mol. The lowest BCUT2D eigenvalue weighted by Gasteiger charge is -2.36. The van der Waals surface area contributed by atoms with Crippen molar-refractivity contribution >= 4 is 11.6 Å². The Morgan fingerprint density at radius 2 is 1.74 bits per heavy atom. The second-order valence-corrected chi connectivity index (χ2v) is 6.67. The van der Waals surface area contributed by atoms with E-state index in [0.717, 1.165) is 49.6 Å². The molecule has 0 unspecified atom stereocenters. The van der Waals surface area contributed by atoms with Gasteiger partial charge < -0.3 is 19.3 Å². The highest BCUT2D eigenvalue weighted by molar-refractivity contribution is 5.50. The van der Waals surface area contributed by atoms with Crippen LogP contribution < -0.4 is 20.1 Å². The van der Waals surface area contributed by atoms with Crippen LogP contribution in [0.5, 0.6) is 5.75 Å². The van der Waals surface area contributed by atoms with E-state index in [4.69, 9.17) is 14.5 Å². The molecule has 1 N–H and O–H groups in total. The van der Waals surface area contributed by atoms with Crippen LogP contribution in [0.4, 0.5) is 11.6 Å². The van der Waals surface area contributed by atoms with Gasteiger partial charge in [0.2, 0.25) is 5.95 Å². The second kappa shape index (κ2) is 8.90. The Labute approximate surface area is 159 Å². The van der Waals surface area contributed by atoms with Crippen LogP contribution in [0.25, 0.3) is 0 Å². The van der Waals surface area contributed by atoms with Gasteiger partial charge in [0.15, 0.2) is 0 Å². The Balaban J connectivity index is 1.72. The van der Waals surface area contributed by atoms with Crippen molar-refractivity contribution in [3.8, 4) is 5.75 Å². The summed E-state index contributed by atoms with van der Waals surface area (Å²) in [6.07, 6.45) is 1.62. The molecule has 0 aliphatic carbocycles. The number of piperazine rings is 1. The van der Waals surface area contributed by atoms with Crippen LogP contribution in [0.15, 0.2) is 29.1 Å². The van der Waals surface area contributed by atoms with Gasteiger partial charge in [-0.1, -0.05) is 13.3 Å². The maximum atomic E-state index is 12.5. The minimum atomic E-state index is -0.0496. The number of hydrogen-bond donors (Lipinski definition) is 1. The molecule has 1 saturated heterocycles. The number of nitrogens with one attached hydrogen (secondary N) is 1. The van der Waals surface area contributed by atoms with Gasteiger partial charge in [-0.2, -0.15) is 0 Å². The number of nitrogens with zero attached hydrogens (tertiary/aromatic N) is 3. The predicted octanol–water partition coefficient (Wildman–Crippen LogP) is 2.20. The molecule has 0 saturated carbocycles. The van der Waals surface area contributed by atoms with Gasteiger partial charge in [0.05, 0.1) is 19.4 Å². The molecule has 3 rings (SSSR count). The van der Waals surface area contributed by atoms with E-state index in [-0.39, 0.29) is 5.56 Å². The summed E-state index contributed by atoms with van der Waals surface area (Å²) in [5, 5.41) is 0. The number of H-pyrrole nitrogens is 1. The molecule has 0 amide bonds. The van der Waals surface area contributed by atoms with Gasteiger partial charge in [-0.3, -0.25) is 9.78 Å². The zero-order valence-electron chi connectivity index (χ0n) is 16.3. The summed E-state index contributed by atoms with van der Waals surface area (Å²) in [5.74, 6) is 1.50. The van der Waals surface area contributed by atoms with Crippen LogP contribution in [0.3, 0.4) is 0 Å². The largest absolute Gasteiger partial charge is 0.497 e. The lowest BCUT2D eigenvalue weighted by molar-refractivity contribution is 0.180. The summed E-state index contributed by atoms with van der Waals surface area (Å²) in [5.41, 5.74) is 2.61. The summed E-state index contributed by atoms with van der Waals surface area (Å²) in [7, 11) is 3.30. The fourth-order valence-corrected chi connectivity index (χ4v) is 3.41. The molecule has 146 valence electrons. The fraction of sp³-hybridized carbons (Fsp3) is 0.500. The van der Waals surface area contributed by atoms with Crippen molar-refractivity contribution in [1.29, 1.82) is 0 Å². The third-order valence-electron chi connectivity index (χ3n) is 4.89. The average molecular weight is 372 g/mol. The van der Waals surface area contributed by atoms with Crippen molar-refractivity contribution in [2.45, 2.75) is 26.4 Å². The number of aromatic nitrogens is 2. The molecule has 2 heterocycles. The van der Waals surface area contributed by atoms with E-state index >= 15 is 0 Å². The Morgan fingerprint density at radius 1 is 1.07 bits per heavy atom. The van der Waals surface area contributed by atoms with Gasteiger partial charge >= 0.3 is 0 Å². The highest BCUT2D eigenvalue weighted by Gasteiger charge is 2.21. The van der Waals surface area contributed by atoms with E-state index in [1.165, 1.54) is 5.69 Å². The summed E-state index contributed by atoms with van der Waals surface area (Å²) in [4.78, 5) is 24.6. The minimum absolute atomic E-state index is 0.0496. The lowest BCUT2D eigenvalue weighted by Crippen LogP contribution is -2.47. The van der Waals surface area contributed by atoms with E-state index in [1.54, 1.807) is 14.2 Å². The highest BCUT2D eigenvalue weighted by atomic mass is 16.5. The third kappa shape index (κ3) is 4.42. The monoisotopic (exact) mass is 372 g/mol. The van der Waals surface area contributed by atoms with Gasteiger partial charge in [-0.15, -0.1) is 0 Å². The third-order valence-corrected chi connectivity index (χ3v) is 4.89. The molecule has 27 heavy (non-hydrogen) atoms. The number of benzene rings is 1. The van der Waals surface area contributed by atoms with Crippen LogP contribution in [0.1, 0.15) is 24.6 Å². The molecule has 1 fully saturated rings. The Bertz CT molecular complexity index is 796. The zero-order valence-corrected chi connectivity index (χ0v) is 16.3. The quantitative estimate of drug-likeness (QED) is 0.804. The standard InChI is InChI=1S/C20H28N4O3/c1-4-5-17-18(14-26-2)21-20(22-19(17)25)24-12-10-23(11-13-24)15-6-8-16(27-3)9-7-15/h6-9H,4-5,10-14H2,1-3H3,(H,21,22,25). The molecular formula is C20H28N4O3. The summed E-state index contributed by atoms with van der Waals surface area (Å²) < 4.78 is 10.5. The number of hydrogen-bond acceptors (Lipinski definition) is 6. The van der Waals surface area contributed by atoms with Gasteiger partial charge in [0.25, 0.3) is 5.56 Å². The number of ether oxygens (including phenoxy) is 2. The molecule has 0 atom stereocenters. The van der Waals surface area contributed by atoms with Crippen molar-refractivity contribution in [2.75, 3.05) is 50.2 Å². The first-order chi connectivity index (χ1) is 13.2. The number of aromatic amines is 1. The second-order valence-electron chi connectivity index (χ2n) is 6.67. The SMILES string of the molecule is CCCc1c(COC)nc(N2CCN(c3ccc(OC)cc3)CC2)[nH]c1=O. The van der Waals surface area contributed by atoms with Crippen LogP contribution in [-0.4, -0.2) is 50.4 Å². The van der Waals surface area contributed by atoms with E-state index in [2.05, 4.69) is 33.8 Å². The van der Waals surface area contributed by atoms with Crippen LogP contribution in [-0.2, 0) is 17.8 Å². The van der Waals surface area contributed by atoms with E-state index < -0.39 is 0 Å². The summed E-state index contributed by atoms with van der Waals surface area (Å²) in [6, 6.07) is 8.10. The predicted molar refractivity (Wildman–Crippen MR) is 107 cm³/mol. The Morgan fingerprint density at radius 3 is 2.33 bits per heavy atom. The fourth-order valence-electron chi connectivity index (χ4n) is 3.41. The molecule has 1 aliphatic heterocycles. The molecule has 0 bridgehead atoms. The van der Waals surface area contributed by atoms with Crippen molar-refractivity contribution in [2.24, 2.45) is 0 Å². The zero-order chi connectivity index (χ0) is 19.2. The molecule has 7 nitrogen and oxygen atoms in total. The van der Waals surface area contributed by atoms with Gasteiger partial charge in [-0.05, 0) is 30.7 Å². The molecule has 1 aromatic heterocycles. The molecule has 1 aromatic carbocycles. The van der Waals surface area contributed by atoms with E-state index in [9.17, 15) is 4.79 Å². The van der Waals surface area contributed by atoms with Gasteiger partial charge in [0, 0.05) is 44.5 Å². The highest BCUT2D eigenvalue weighted by Crippen LogP contribution is 2.21. The first kappa shape index (κ1) is 19.2. The first-order valence-corrected chi connectivity index (χ1v) is 9.41. The van der Waals surface area contributed by atoms with Gasteiger partial charge in [0.1, 0.15) is 5.75 Å². The number of anilines is 2. The number of rotatable bonds is 7. The number of methoxy groups -OCH3 is 2. The molecule has 0 radical (unpaired) electrons. The lowest BCUT2D eigenvalue weighted by atomic mass is 10.1.